The fourth-order valence-electron chi connectivity index (χ4n) is 4.24. The van der Waals surface area contributed by atoms with Gasteiger partial charge in [0.25, 0.3) is 0 Å². The smallest absolute Gasteiger partial charge is 0.245 e. The van der Waals surface area contributed by atoms with Gasteiger partial charge in [0.1, 0.15) is 18.0 Å². The van der Waals surface area contributed by atoms with E-state index in [1.54, 1.807) is 23.1 Å². The number of hydrogen-bond donors (Lipinski definition) is 1. The minimum absolute atomic E-state index is 0.0900. The number of halogens is 1. The molecule has 33 heavy (non-hydrogen) atoms. The van der Waals surface area contributed by atoms with E-state index in [-0.39, 0.29) is 36.5 Å². The molecule has 3 aromatic carbocycles. The number of amides is 2. The number of hydrogen-bond acceptors (Lipinski definition) is 3. The summed E-state index contributed by atoms with van der Waals surface area (Å²) in [5.74, 6) is -0.800. The largest absolute Gasteiger partial charge is 0.370 e. The van der Waals surface area contributed by atoms with E-state index in [0.717, 1.165) is 16.3 Å². The molecular formula is C27H29FN2O3. The van der Waals surface area contributed by atoms with E-state index >= 15 is 0 Å². The molecule has 2 atom stereocenters. The van der Waals surface area contributed by atoms with Crippen molar-refractivity contribution in [1.82, 2.24) is 10.2 Å². The lowest BCUT2D eigenvalue weighted by Crippen LogP contribution is -2.54. The van der Waals surface area contributed by atoms with Gasteiger partial charge in [0, 0.05) is 12.1 Å². The Labute approximate surface area is 193 Å². The molecule has 1 N–H and O–H groups in total. The zero-order chi connectivity index (χ0) is 23.4. The number of fused-ring (bicyclic) bond motifs is 1. The van der Waals surface area contributed by atoms with Crippen LogP contribution in [0.25, 0.3) is 10.8 Å². The first-order valence-electron chi connectivity index (χ1n) is 11.3. The number of ether oxygens (including phenoxy) is 1. The normalized spacial score (nSPS) is 17.2. The second-order valence-corrected chi connectivity index (χ2v) is 8.81. The molecule has 6 heteroatoms. The van der Waals surface area contributed by atoms with Crippen molar-refractivity contribution >= 4 is 22.6 Å². The maximum Gasteiger partial charge on any atom is 0.245 e. The Hall–Kier alpha value is -3.25. The predicted molar refractivity (Wildman–Crippen MR) is 126 cm³/mol. The Bertz CT molecular complexity index is 1150. The van der Waals surface area contributed by atoms with E-state index in [4.69, 9.17) is 4.74 Å². The van der Waals surface area contributed by atoms with Crippen molar-refractivity contribution in [2.45, 2.75) is 32.4 Å². The van der Waals surface area contributed by atoms with Crippen LogP contribution in [0.2, 0.25) is 0 Å². The van der Waals surface area contributed by atoms with Crippen LogP contribution in [0.4, 0.5) is 4.39 Å². The van der Waals surface area contributed by atoms with Crippen LogP contribution in [0.15, 0.2) is 66.7 Å². The molecule has 0 saturated carbocycles. The monoisotopic (exact) mass is 448 g/mol. The van der Waals surface area contributed by atoms with Crippen LogP contribution in [-0.2, 0) is 20.7 Å². The highest BCUT2D eigenvalue weighted by Gasteiger charge is 2.33. The molecule has 5 nitrogen and oxygen atoms in total. The first-order chi connectivity index (χ1) is 15.9. The van der Waals surface area contributed by atoms with Crippen molar-refractivity contribution < 1.29 is 18.7 Å². The van der Waals surface area contributed by atoms with E-state index in [9.17, 15) is 14.0 Å². The Morgan fingerprint density at radius 3 is 2.55 bits per heavy atom. The molecule has 2 unspecified atom stereocenters. The number of benzene rings is 3. The highest BCUT2D eigenvalue weighted by atomic mass is 19.1. The van der Waals surface area contributed by atoms with Crippen molar-refractivity contribution in [2.75, 3.05) is 19.7 Å². The number of morpholine rings is 1. The Morgan fingerprint density at radius 1 is 1.06 bits per heavy atom. The average molecular weight is 449 g/mol. The topological polar surface area (TPSA) is 58.6 Å². The summed E-state index contributed by atoms with van der Waals surface area (Å²) in [6.45, 7) is 4.80. The van der Waals surface area contributed by atoms with Crippen LogP contribution < -0.4 is 5.32 Å². The summed E-state index contributed by atoms with van der Waals surface area (Å²) >= 11 is 0. The first kappa shape index (κ1) is 22.9. The first-order valence-corrected chi connectivity index (χ1v) is 11.3. The van der Waals surface area contributed by atoms with E-state index < -0.39 is 12.1 Å². The molecule has 1 aliphatic rings. The summed E-state index contributed by atoms with van der Waals surface area (Å²) in [4.78, 5) is 27.8. The van der Waals surface area contributed by atoms with Crippen LogP contribution in [0, 0.1) is 11.7 Å². The zero-order valence-corrected chi connectivity index (χ0v) is 19.0. The van der Waals surface area contributed by atoms with Gasteiger partial charge in [-0.25, -0.2) is 4.39 Å². The molecule has 0 radical (unpaired) electrons. The van der Waals surface area contributed by atoms with Crippen molar-refractivity contribution in [3.63, 3.8) is 0 Å². The molecule has 1 heterocycles. The lowest BCUT2D eigenvalue weighted by atomic mass is 10.00. The van der Waals surface area contributed by atoms with Crippen molar-refractivity contribution in [3.8, 4) is 0 Å². The van der Waals surface area contributed by atoms with Crippen LogP contribution >= 0.6 is 0 Å². The average Bonchev–Trinajstić information content (AvgIpc) is 2.82. The molecule has 0 aromatic heterocycles. The van der Waals surface area contributed by atoms with Crippen LogP contribution in [-0.4, -0.2) is 42.5 Å². The van der Waals surface area contributed by atoms with Crippen molar-refractivity contribution in [3.05, 3.63) is 83.7 Å². The third kappa shape index (κ3) is 5.40. The van der Waals surface area contributed by atoms with Crippen LogP contribution in [0.5, 0.6) is 0 Å². The standard InChI is InChI=1S/C27H29FN2O3/c1-18(2)26(29-25(31)16-19-11-12-20-7-3-4-8-21(20)15-19)27(32)30-13-14-33-24(17-30)22-9-5-6-10-23(22)28/h3-12,15,18,24,26H,13-14,16-17H2,1-2H3,(H,29,31). The molecule has 0 aliphatic carbocycles. The maximum atomic E-state index is 14.2. The van der Waals surface area contributed by atoms with E-state index in [2.05, 4.69) is 5.32 Å². The van der Waals surface area contributed by atoms with Crippen LogP contribution in [0.3, 0.4) is 0 Å². The molecule has 2 amide bonds. The summed E-state index contributed by atoms with van der Waals surface area (Å²) in [7, 11) is 0. The second-order valence-electron chi connectivity index (χ2n) is 8.81. The Morgan fingerprint density at radius 2 is 1.79 bits per heavy atom. The lowest BCUT2D eigenvalue weighted by molar-refractivity contribution is -0.144. The molecule has 3 aromatic rings. The highest BCUT2D eigenvalue weighted by molar-refractivity contribution is 5.90. The number of carbonyl (C=O) groups is 2. The van der Waals surface area contributed by atoms with E-state index in [0.29, 0.717) is 18.7 Å². The van der Waals surface area contributed by atoms with Gasteiger partial charge in [-0.3, -0.25) is 9.59 Å². The number of rotatable bonds is 6. The van der Waals surface area contributed by atoms with Gasteiger partial charge in [0.2, 0.25) is 11.8 Å². The summed E-state index contributed by atoms with van der Waals surface area (Å²) in [5.41, 5.74) is 1.34. The van der Waals surface area contributed by atoms with Crippen molar-refractivity contribution in [2.24, 2.45) is 5.92 Å². The summed E-state index contributed by atoms with van der Waals surface area (Å²) in [5, 5.41) is 5.13. The fourth-order valence-corrected chi connectivity index (χ4v) is 4.24. The van der Waals surface area contributed by atoms with Gasteiger partial charge < -0.3 is 15.0 Å². The number of carbonyl (C=O) groups excluding carboxylic acids is 2. The molecule has 4 rings (SSSR count). The molecule has 1 saturated heterocycles. The third-order valence-electron chi connectivity index (χ3n) is 6.06. The summed E-state index contributed by atoms with van der Waals surface area (Å²) in [6.07, 6.45) is -0.326. The highest BCUT2D eigenvalue weighted by Crippen LogP contribution is 2.25. The molecular weight excluding hydrogens is 419 g/mol. The van der Waals surface area contributed by atoms with Crippen LogP contribution in [0.1, 0.15) is 31.1 Å². The Kier molecular flexibility index (Phi) is 7.04. The molecule has 0 bridgehead atoms. The molecule has 0 spiro atoms. The second kappa shape index (κ2) is 10.1. The summed E-state index contributed by atoms with van der Waals surface area (Å²) < 4.78 is 20.0. The van der Waals surface area contributed by atoms with Gasteiger partial charge in [-0.2, -0.15) is 0 Å². The van der Waals surface area contributed by atoms with E-state index in [1.807, 2.05) is 56.3 Å². The summed E-state index contributed by atoms with van der Waals surface area (Å²) in [6, 6.07) is 19.7. The predicted octanol–water partition coefficient (Wildman–Crippen LogP) is 4.26. The quantitative estimate of drug-likeness (QED) is 0.613. The van der Waals surface area contributed by atoms with E-state index in [1.165, 1.54) is 6.07 Å². The van der Waals surface area contributed by atoms with Gasteiger partial charge in [0.05, 0.1) is 19.6 Å². The maximum absolute atomic E-state index is 14.2. The minimum atomic E-state index is -0.655. The molecule has 1 aliphatic heterocycles. The fraction of sp³-hybridized carbons (Fsp3) is 0.333. The third-order valence-corrected chi connectivity index (χ3v) is 6.06. The lowest BCUT2D eigenvalue weighted by Gasteiger charge is -2.36. The zero-order valence-electron chi connectivity index (χ0n) is 19.0. The minimum Gasteiger partial charge on any atom is -0.370 e. The Balaban J connectivity index is 1.43. The van der Waals surface area contributed by atoms with Gasteiger partial charge in [0.15, 0.2) is 0 Å². The van der Waals surface area contributed by atoms with Crippen molar-refractivity contribution in [1.29, 1.82) is 0 Å². The molecule has 1 fully saturated rings. The SMILES string of the molecule is CC(C)C(NC(=O)Cc1ccc2ccccc2c1)C(=O)N1CCOC(c2ccccc2F)C1. The number of nitrogens with one attached hydrogen (secondary N) is 1. The van der Waals surface area contributed by atoms with Gasteiger partial charge in [-0.05, 0) is 28.3 Å². The molecule has 172 valence electrons. The van der Waals surface area contributed by atoms with Gasteiger partial charge >= 0.3 is 0 Å². The number of nitrogens with zero attached hydrogens (tertiary/aromatic N) is 1. The van der Waals surface area contributed by atoms with Gasteiger partial charge in [-0.15, -0.1) is 0 Å². The van der Waals surface area contributed by atoms with Gasteiger partial charge in [-0.1, -0.05) is 74.5 Å².